The fraction of sp³-hybridized carbons (Fsp3) is 0.100. The molecule has 1 aromatic carbocycles. The zero-order chi connectivity index (χ0) is 9.42. The maximum Gasteiger partial charge on any atom is 0.102 e. The predicted octanol–water partition coefficient (Wildman–Crippen LogP) is 3.37. The van der Waals surface area contributed by atoms with Crippen LogP contribution in [0.3, 0.4) is 0 Å². The van der Waals surface area contributed by atoms with Crippen LogP contribution in [0.15, 0.2) is 22.4 Å². The number of aryl methyl sites for hydroxylation is 1. The summed E-state index contributed by atoms with van der Waals surface area (Å²) in [5.41, 5.74) is 1.76. The molecule has 0 aliphatic carbocycles. The number of fused-ring (bicyclic) bond motifs is 1. The van der Waals surface area contributed by atoms with Crippen molar-refractivity contribution in [1.82, 2.24) is 0 Å². The van der Waals surface area contributed by atoms with E-state index in [9.17, 15) is 0 Å². The van der Waals surface area contributed by atoms with Crippen LogP contribution < -0.4 is 0 Å². The van der Waals surface area contributed by atoms with Gasteiger partial charge in [-0.05, 0) is 35.4 Å². The molecule has 0 saturated heterocycles. The summed E-state index contributed by atoms with van der Waals surface area (Å²) >= 11 is 5.92. The van der Waals surface area contributed by atoms with Crippen LogP contribution in [0, 0.1) is 18.3 Å². The Morgan fingerprint density at radius 1 is 1.54 bits per heavy atom. The molecule has 1 nitrogen and oxygen atoms in total. The number of thiol groups is 1. The number of rotatable bonds is 0. The molecule has 0 saturated carbocycles. The van der Waals surface area contributed by atoms with Gasteiger partial charge in [-0.25, -0.2) is 0 Å². The van der Waals surface area contributed by atoms with Gasteiger partial charge in [0.25, 0.3) is 0 Å². The highest BCUT2D eigenvalue weighted by molar-refractivity contribution is 7.80. The van der Waals surface area contributed by atoms with Crippen molar-refractivity contribution < 1.29 is 0 Å². The Kier molecular flexibility index (Phi) is 2.03. The van der Waals surface area contributed by atoms with Crippen molar-refractivity contribution in [3.8, 4) is 6.07 Å². The minimum atomic E-state index is 0.702. The van der Waals surface area contributed by atoms with Gasteiger partial charge in [-0.3, -0.25) is 0 Å². The van der Waals surface area contributed by atoms with Gasteiger partial charge in [0.1, 0.15) is 6.07 Å². The fourth-order valence-electron chi connectivity index (χ4n) is 1.35. The van der Waals surface area contributed by atoms with Gasteiger partial charge in [0, 0.05) is 4.90 Å². The van der Waals surface area contributed by atoms with Gasteiger partial charge >= 0.3 is 0 Å². The predicted molar refractivity (Wildman–Crippen MR) is 58.5 cm³/mol. The maximum atomic E-state index is 8.97. The van der Waals surface area contributed by atoms with Crippen LogP contribution in [-0.4, -0.2) is 0 Å². The topological polar surface area (TPSA) is 23.8 Å². The van der Waals surface area contributed by atoms with Crippen molar-refractivity contribution in [3.63, 3.8) is 0 Å². The lowest BCUT2D eigenvalue weighted by Crippen LogP contribution is -1.83. The van der Waals surface area contributed by atoms with E-state index >= 15 is 0 Å². The maximum absolute atomic E-state index is 8.97. The summed E-state index contributed by atoms with van der Waals surface area (Å²) in [4.78, 5) is 0.803. The highest BCUT2D eigenvalue weighted by Gasteiger charge is 2.08. The van der Waals surface area contributed by atoms with Crippen LogP contribution >= 0.6 is 24.0 Å². The summed E-state index contributed by atoms with van der Waals surface area (Å²) in [5, 5.41) is 12.1. The molecular weight excluding hydrogens is 198 g/mol. The Morgan fingerprint density at radius 3 is 3.00 bits per heavy atom. The smallest absolute Gasteiger partial charge is 0.102 e. The van der Waals surface area contributed by atoms with E-state index in [1.807, 2.05) is 18.4 Å². The number of nitriles is 1. The molecule has 1 aromatic heterocycles. The third kappa shape index (κ3) is 1.23. The summed E-state index contributed by atoms with van der Waals surface area (Å²) in [6, 6.07) is 6.29. The van der Waals surface area contributed by atoms with Crippen molar-refractivity contribution in [2.24, 2.45) is 0 Å². The molecule has 64 valence electrons. The van der Waals surface area contributed by atoms with Gasteiger partial charge in [0.15, 0.2) is 0 Å². The van der Waals surface area contributed by atoms with E-state index in [2.05, 4.69) is 24.8 Å². The number of hydrogen-bond acceptors (Lipinski definition) is 3. The Morgan fingerprint density at radius 2 is 2.31 bits per heavy atom. The Balaban J connectivity index is 2.98. The first kappa shape index (κ1) is 8.61. The van der Waals surface area contributed by atoms with Gasteiger partial charge in [0.05, 0.1) is 10.3 Å². The molecule has 0 spiro atoms. The summed E-state index contributed by atoms with van der Waals surface area (Å²) in [6.07, 6.45) is 0. The molecule has 1 heterocycles. The molecule has 0 amide bonds. The zero-order valence-electron chi connectivity index (χ0n) is 7.03. The second kappa shape index (κ2) is 3.06. The molecule has 0 aliphatic heterocycles. The summed E-state index contributed by atoms with van der Waals surface area (Å²) in [5.74, 6) is 0. The third-order valence-electron chi connectivity index (χ3n) is 2.02. The first-order valence-electron chi connectivity index (χ1n) is 3.84. The van der Waals surface area contributed by atoms with E-state index in [0.717, 1.165) is 20.5 Å². The van der Waals surface area contributed by atoms with Crippen LogP contribution in [-0.2, 0) is 0 Å². The Bertz CT molecular complexity index is 505. The summed E-state index contributed by atoms with van der Waals surface area (Å²) < 4.78 is 1.04. The number of thiophene rings is 1. The second-order valence-corrected chi connectivity index (χ2v) is 4.23. The minimum Gasteiger partial charge on any atom is -0.192 e. The molecule has 0 aliphatic rings. The SMILES string of the molecule is Cc1cc2ccsc2c(C#N)c1S. The molecule has 0 atom stereocenters. The van der Waals surface area contributed by atoms with Gasteiger partial charge < -0.3 is 0 Å². The lowest BCUT2D eigenvalue weighted by molar-refractivity contribution is 1.31. The van der Waals surface area contributed by atoms with Gasteiger partial charge in [0.2, 0.25) is 0 Å². The standard InChI is InChI=1S/C10H7NS2/c1-6-4-7-2-3-13-10(7)8(5-11)9(6)12/h2-4,12H,1H3. The van der Waals surface area contributed by atoms with Gasteiger partial charge in [-0.15, -0.1) is 24.0 Å². The molecule has 0 radical (unpaired) electrons. The summed E-state index contributed by atoms with van der Waals surface area (Å²) in [6.45, 7) is 1.97. The molecule has 0 fully saturated rings. The van der Waals surface area contributed by atoms with Crippen LogP contribution in [0.25, 0.3) is 10.1 Å². The average molecular weight is 205 g/mol. The lowest BCUT2D eigenvalue weighted by Gasteiger charge is -2.01. The van der Waals surface area contributed by atoms with Crippen molar-refractivity contribution in [3.05, 3.63) is 28.6 Å². The monoisotopic (exact) mass is 205 g/mol. The number of hydrogen-bond donors (Lipinski definition) is 1. The van der Waals surface area contributed by atoms with Crippen molar-refractivity contribution in [2.75, 3.05) is 0 Å². The van der Waals surface area contributed by atoms with E-state index in [1.54, 1.807) is 11.3 Å². The van der Waals surface area contributed by atoms with Gasteiger partial charge in [-0.1, -0.05) is 0 Å². The van der Waals surface area contributed by atoms with E-state index in [1.165, 1.54) is 0 Å². The molecule has 2 rings (SSSR count). The summed E-state index contributed by atoms with van der Waals surface area (Å²) in [7, 11) is 0. The van der Waals surface area contributed by atoms with Crippen LogP contribution in [0.4, 0.5) is 0 Å². The van der Waals surface area contributed by atoms with Crippen molar-refractivity contribution in [2.45, 2.75) is 11.8 Å². The highest BCUT2D eigenvalue weighted by atomic mass is 32.1. The molecule has 0 bridgehead atoms. The minimum absolute atomic E-state index is 0.702. The first-order valence-corrected chi connectivity index (χ1v) is 5.16. The van der Waals surface area contributed by atoms with E-state index in [4.69, 9.17) is 5.26 Å². The normalized spacial score (nSPS) is 10.2. The molecular formula is C10H7NS2. The average Bonchev–Trinajstić information content (AvgIpc) is 2.54. The quantitative estimate of drug-likeness (QED) is 0.655. The molecule has 0 N–H and O–H groups in total. The second-order valence-electron chi connectivity index (χ2n) is 2.87. The largest absolute Gasteiger partial charge is 0.192 e. The van der Waals surface area contributed by atoms with Crippen LogP contribution in [0.2, 0.25) is 0 Å². The molecule has 13 heavy (non-hydrogen) atoms. The zero-order valence-corrected chi connectivity index (χ0v) is 8.75. The van der Waals surface area contributed by atoms with E-state index in [-0.39, 0.29) is 0 Å². The number of benzene rings is 1. The number of nitrogens with zero attached hydrogens (tertiary/aromatic N) is 1. The van der Waals surface area contributed by atoms with E-state index < -0.39 is 0 Å². The first-order chi connectivity index (χ1) is 6.24. The van der Waals surface area contributed by atoms with E-state index in [0.29, 0.717) is 5.56 Å². The third-order valence-corrected chi connectivity index (χ3v) is 3.54. The van der Waals surface area contributed by atoms with Crippen molar-refractivity contribution in [1.29, 1.82) is 5.26 Å². The van der Waals surface area contributed by atoms with Crippen LogP contribution in [0.5, 0.6) is 0 Å². The van der Waals surface area contributed by atoms with Crippen molar-refractivity contribution >= 4 is 34.1 Å². The van der Waals surface area contributed by atoms with Crippen LogP contribution in [0.1, 0.15) is 11.1 Å². The lowest BCUT2D eigenvalue weighted by atomic mass is 10.1. The molecule has 3 heteroatoms. The Hall–Kier alpha value is -0.980. The molecule has 2 aromatic rings. The molecule has 0 unspecified atom stereocenters. The fourth-order valence-corrected chi connectivity index (χ4v) is 2.53. The van der Waals surface area contributed by atoms with Gasteiger partial charge in [-0.2, -0.15) is 5.26 Å². The Labute approximate surface area is 86.0 Å². The highest BCUT2D eigenvalue weighted by Crippen LogP contribution is 2.31.